The number of anilines is 2. The Bertz CT molecular complexity index is 1100. The van der Waals surface area contributed by atoms with Crippen molar-refractivity contribution in [2.45, 2.75) is 37.5 Å². The van der Waals surface area contributed by atoms with E-state index in [-0.39, 0.29) is 17.2 Å². The van der Waals surface area contributed by atoms with E-state index in [4.69, 9.17) is 4.52 Å². The van der Waals surface area contributed by atoms with Gasteiger partial charge in [-0.25, -0.2) is 0 Å². The molecule has 0 saturated carbocycles. The van der Waals surface area contributed by atoms with E-state index in [0.29, 0.717) is 35.1 Å². The van der Waals surface area contributed by atoms with Crippen LogP contribution in [-0.4, -0.2) is 27.7 Å². The van der Waals surface area contributed by atoms with Gasteiger partial charge < -0.3 is 15.2 Å². The predicted octanol–water partition coefficient (Wildman–Crippen LogP) is 4.72. The van der Waals surface area contributed by atoms with Crippen molar-refractivity contribution in [2.75, 3.05) is 16.4 Å². The van der Waals surface area contributed by atoms with Gasteiger partial charge in [0.1, 0.15) is 0 Å². The Morgan fingerprint density at radius 1 is 1.17 bits per heavy atom. The van der Waals surface area contributed by atoms with Crippen LogP contribution in [-0.2, 0) is 10.2 Å². The van der Waals surface area contributed by atoms with Crippen molar-refractivity contribution < 1.29 is 14.1 Å². The maximum Gasteiger partial charge on any atom is 0.255 e. The molecule has 2 N–H and O–H groups in total. The summed E-state index contributed by atoms with van der Waals surface area (Å²) in [5, 5.41) is 9.77. The van der Waals surface area contributed by atoms with Gasteiger partial charge in [0.15, 0.2) is 0 Å². The summed E-state index contributed by atoms with van der Waals surface area (Å²) in [6.45, 7) is 6.03. The van der Waals surface area contributed by atoms with Gasteiger partial charge in [0.25, 0.3) is 5.91 Å². The summed E-state index contributed by atoms with van der Waals surface area (Å²) in [6.07, 6.45) is 0.463. The third-order valence-electron chi connectivity index (χ3n) is 4.57. The highest BCUT2D eigenvalue weighted by Crippen LogP contribution is 2.32. The van der Waals surface area contributed by atoms with E-state index in [1.807, 2.05) is 39.0 Å². The highest BCUT2D eigenvalue weighted by atomic mass is 32.2. The predicted molar refractivity (Wildman–Crippen MR) is 117 cm³/mol. The molecule has 7 nitrogen and oxygen atoms in total. The Morgan fingerprint density at radius 2 is 1.93 bits per heavy atom. The lowest BCUT2D eigenvalue weighted by Crippen LogP contribution is -2.14. The molecule has 0 saturated heterocycles. The lowest BCUT2D eigenvalue weighted by Gasteiger charge is -2.10. The standard InChI is InChI=1S/C22H22N4O3S/c1-22(2,3)21-25-19(26-29-21)13-4-7-15(8-5-13)23-20(28)14-6-9-17-16(12-14)24-18(27)10-11-30-17/h4-9,12H,10-11H2,1-3H3,(H,23,28)(H,24,27). The van der Waals surface area contributed by atoms with Gasteiger partial charge in [0, 0.05) is 39.3 Å². The number of carbonyl (C=O) groups is 2. The maximum atomic E-state index is 12.7. The zero-order valence-electron chi connectivity index (χ0n) is 17.0. The first-order chi connectivity index (χ1) is 14.3. The summed E-state index contributed by atoms with van der Waals surface area (Å²) in [4.78, 5) is 29.9. The van der Waals surface area contributed by atoms with E-state index in [1.165, 1.54) is 0 Å². The molecule has 0 fully saturated rings. The van der Waals surface area contributed by atoms with Crippen molar-refractivity contribution in [3.63, 3.8) is 0 Å². The van der Waals surface area contributed by atoms with Crippen molar-refractivity contribution >= 4 is 35.0 Å². The first kappa shape index (κ1) is 20.2. The highest BCUT2D eigenvalue weighted by Gasteiger charge is 2.22. The molecule has 154 valence electrons. The van der Waals surface area contributed by atoms with Gasteiger partial charge in [-0.15, -0.1) is 11.8 Å². The number of fused-ring (bicyclic) bond motifs is 1. The third-order valence-corrected chi connectivity index (χ3v) is 5.65. The molecule has 4 rings (SSSR count). The zero-order chi connectivity index (χ0) is 21.3. The summed E-state index contributed by atoms with van der Waals surface area (Å²) >= 11 is 1.61. The molecule has 0 unspecified atom stereocenters. The highest BCUT2D eigenvalue weighted by molar-refractivity contribution is 7.99. The van der Waals surface area contributed by atoms with Crippen LogP contribution in [0.5, 0.6) is 0 Å². The molecule has 30 heavy (non-hydrogen) atoms. The molecule has 3 aromatic rings. The van der Waals surface area contributed by atoms with Gasteiger partial charge >= 0.3 is 0 Å². The maximum absolute atomic E-state index is 12.7. The van der Waals surface area contributed by atoms with Crippen LogP contribution in [0.25, 0.3) is 11.4 Å². The molecule has 0 spiro atoms. The van der Waals surface area contributed by atoms with Crippen LogP contribution in [0.15, 0.2) is 51.9 Å². The van der Waals surface area contributed by atoms with E-state index < -0.39 is 0 Å². The minimum absolute atomic E-state index is 0.0366. The fraction of sp³-hybridized carbons (Fsp3) is 0.273. The molecule has 0 atom stereocenters. The Labute approximate surface area is 178 Å². The van der Waals surface area contributed by atoms with Crippen LogP contribution >= 0.6 is 11.8 Å². The van der Waals surface area contributed by atoms with Crippen LogP contribution in [0.1, 0.15) is 43.4 Å². The van der Waals surface area contributed by atoms with E-state index in [1.54, 1.807) is 36.0 Å². The normalized spacial score (nSPS) is 13.9. The number of rotatable bonds is 3. The van der Waals surface area contributed by atoms with Gasteiger partial charge in [0.05, 0.1) is 5.69 Å². The molecule has 1 aliphatic heterocycles. The van der Waals surface area contributed by atoms with E-state index in [0.717, 1.165) is 16.2 Å². The van der Waals surface area contributed by atoms with Crippen molar-refractivity contribution in [3.8, 4) is 11.4 Å². The number of benzene rings is 2. The van der Waals surface area contributed by atoms with E-state index in [9.17, 15) is 9.59 Å². The fourth-order valence-corrected chi connectivity index (χ4v) is 3.85. The number of hydrogen-bond acceptors (Lipinski definition) is 6. The Hall–Kier alpha value is -3.13. The molecule has 0 aliphatic carbocycles. The van der Waals surface area contributed by atoms with Crippen molar-refractivity contribution in [1.29, 1.82) is 0 Å². The molecule has 2 aromatic carbocycles. The minimum atomic E-state index is -0.247. The molecule has 0 radical (unpaired) electrons. The van der Waals surface area contributed by atoms with Gasteiger partial charge in [-0.1, -0.05) is 25.9 Å². The summed E-state index contributed by atoms with van der Waals surface area (Å²) < 4.78 is 5.34. The monoisotopic (exact) mass is 422 g/mol. The van der Waals surface area contributed by atoms with Crippen LogP contribution in [0, 0.1) is 0 Å². The van der Waals surface area contributed by atoms with E-state index >= 15 is 0 Å². The average Bonchev–Trinajstić information content (AvgIpc) is 3.13. The van der Waals surface area contributed by atoms with Crippen molar-refractivity contribution in [3.05, 3.63) is 53.9 Å². The summed E-state index contributed by atoms with van der Waals surface area (Å²) in [5.74, 6) is 1.53. The molecule has 0 bridgehead atoms. The summed E-state index contributed by atoms with van der Waals surface area (Å²) in [6, 6.07) is 12.6. The molecule has 2 heterocycles. The fourth-order valence-electron chi connectivity index (χ4n) is 2.91. The first-order valence-electron chi connectivity index (χ1n) is 9.62. The number of thioether (sulfide) groups is 1. The lowest BCUT2D eigenvalue weighted by molar-refractivity contribution is -0.115. The number of carbonyl (C=O) groups excluding carboxylic acids is 2. The largest absolute Gasteiger partial charge is 0.338 e. The number of amides is 2. The quantitative estimate of drug-likeness (QED) is 0.634. The summed E-state index contributed by atoms with van der Waals surface area (Å²) in [7, 11) is 0. The molecule has 1 aliphatic rings. The smallest absolute Gasteiger partial charge is 0.255 e. The topological polar surface area (TPSA) is 97.1 Å². The lowest BCUT2D eigenvalue weighted by atomic mass is 9.97. The van der Waals surface area contributed by atoms with Crippen LogP contribution < -0.4 is 10.6 Å². The molecular weight excluding hydrogens is 400 g/mol. The number of hydrogen-bond donors (Lipinski definition) is 2. The van der Waals surface area contributed by atoms with Gasteiger partial charge in [-0.3, -0.25) is 9.59 Å². The molecule has 2 amide bonds. The second kappa shape index (κ2) is 7.95. The van der Waals surface area contributed by atoms with Gasteiger partial charge in [0.2, 0.25) is 17.6 Å². The molecule has 1 aromatic heterocycles. The molecule has 8 heteroatoms. The number of nitrogens with one attached hydrogen (secondary N) is 2. The Balaban J connectivity index is 1.48. The molecular formula is C22H22N4O3S. The van der Waals surface area contributed by atoms with E-state index in [2.05, 4.69) is 20.8 Å². The second-order valence-electron chi connectivity index (χ2n) is 8.06. The number of aromatic nitrogens is 2. The Kier molecular flexibility index (Phi) is 5.34. The SMILES string of the molecule is CC(C)(C)c1nc(-c2ccc(NC(=O)c3ccc4c(c3)NC(=O)CCS4)cc2)no1. The van der Waals surface area contributed by atoms with Gasteiger partial charge in [-0.05, 0) is 42.5 Å². The first-order valence-corrected chi connectivity index (χ1v) is 10.6. The summed E-state index contributed by atoms with van der Waals surface area (Å²) in [5.41, 5.74) is 2.39. The van der Waals surface area contributed by atoms with Crippen LogP contribution in [0.2, 0.25) is 0 Å². The van der Waals surface area contributed by atoms with Crippen molar-refractivity contribution in [1.82, 2.24) is 10.1 Å². The zero-order valence-corrected chi connectivity index (χ0v) is 17.8. The number of nitrogens with zero attached hydrogens (tertiary/aromatic N) is 2. The van der Waals surface area contributed by atoms with Gasteiger partial charge in [-0.2, -0.15) is 4.98 Å². The second-order valence-corrected chi connectivity index (χ2v) is 9.20. The average molecular weight is 423 g/mol. The van der Waals surface area contributed by atoms with Crippen molar-refractivity contribution in [2.24, 2.45) is 0 Å². The Morgan fingerprint density at radius 3 is 2.63 bits per heavy atom. The third kappa shape index (κ3) is 4.38. The van der Waals surface area contributed by atoms with Crippen LogP contribution in [0.3, 0.4) is 0 Å². The minimum Gasteiger partial charge on any atom is -0.338 e. The van der Waals surface area contributed by atoms with Crippen LogP contribution in [0.4, 0.5) is 11.4 Å².